The number of benzene rings is 1. The fourth-order valence-corrected chi connectivity index (χ4v) is 3.07. The van der Waals surface area contributed by atoms with Gasteiger partial charge in [0.15, 0.2) is 17.3 Å². The first kappa shape index (κ1) is 20.4. The van der Waals surface area contributed by atoms with Gasteiger partial charge in [-0.3, -0.25) is 4.79 Å². The van der Waals surface area contributed by atoms with Gasteiger partial charge in [-0.05, 0) is 63.1 Å². The van der Waals surface area contributed by atoms with Gasteiger partial charge in [0, 0.05) is 11.9 Å². The number of hydrogen-bond acceptors (Lipinski definition) is 5. The van der Waals surface area contributed by atoms with Crippen LogP contribution >= 0.6 is 0 Å². The lowest BCUT2D eigenvalue weighted by atomic mass is 10.1. The lowest BCUT2D eigenvalue weighted by Crippen LogP contribution is -2.26. The molecule has 152 valence electrons. The van der Waals surface area contributed by atoms with Crippen molar-refractivity contribution in [2.24, 2.45) is 0 Å². The molecule has 0 fully saturated rings. The summed E-state index contributed by atoms with van der Waals surface area (Å²) in [5, 5.41) is 7.49. The Balaban J connectivity index is 1.74. The fourth-order valence-electron chi connectivity index (χ4n) is 3.07. The molecule has 1 atom stereocenters. The molecule has 7 heteroatoms. The van der Waals surface area contributed by atoms with E-state index in [9.17, 15) is 4.79 Å². The van der Waals surface area contributed by atoms with Crippen molar-refractivity contribution < 1.29 is 14.3 Å². The van der Waals surface area contributed by atoms with Crippen molar-refractivity contribution in [2.75, 3.05) is 14.2 Å². The Hall–Kier alpha value is -3.35. The van der Waals surface area contributed by atoms with Crippen molar-refractivity contribution >= 4 is 5.91 Å². The zero-order valence-electron chi connectivity index (χ0n) is 17.6. The molecular weight excluding hydrogens is 368 g/mol. The third kappa shape index (κ3) is 4.08. The molecule has 2 heterocycles. The lowest BCUT2D eigenvalue weighted by Gasteiger charge is -2.16. The first-order chi connectivity index (χ1) is 13.8. The summed E-state index contributed by atoms with van der Waals surface area (Å²) in [6, 6.07) is 8.93. The van der Waals surface area contributed by atoms with Gasteiger partial charge in [0.2, 0.25) is 0 Å². The maximum atomic E-state index is 12.6. The number of aromatic nitrogens is 3. The summed E-state index contributed by atoms with van der Waals surface area (Å²) in [4.78, 5) is 17.1. The summed E-state index contributed by atoms with van der Waals surface area (Å²) >= 11 is 0. The van der Waals surface area contributed by atoms with E-state index in [2.05, 4.69) is 15.4 Å². The number of rotatable bonds is 6. The van der Waals surface area contributed by atoms with Gasteiger partial charge < -0.3 is 14.8 Å². The number of carbonyl (C=O) groups excluding carboxylic acids is 1. The van der Waals surface area contributed by atoms with Gasteiger partial charge >= 0.3 is 0 Å². The van der Waals surface area contributed by atoms with Gasteiger partial charge in [0.25, 0.3) is 5.91 Å². The SMILES string of the molecule is COc1ccc(C(C)NC(=O)c2ccc(-n3nc(C)c(C)c3C)nc2)cc1OC. The lowest BCUT2D eigenvalue weighted by molar-refractivity contribution is 0.0939. The Labute approximate surface area is 170 Å². The van der Waals surface area contributed by atoms with Crippen LogP contribution in [0.25, 0.3) is 5.82 Å². The molecule has 2 aromatic heterocycles. The number of nitrogens with one attached hydrogen (secondary N) is 1. The number of amides is 1. The molecule has 3 aromatic rings. The molecule has 0 radical (unpaired) electrons. The molecule has 0 spiro atoms. The third-order valence-electron chi connectivity index (χ3n) is 5.14. The highest BCUT2D eigenvalue weighted by molar-refractivity contribution is 5.94. The average Bonchev–Trinajstić information content (AvgIpc) is 3.00. The van der Waals surface area contributed by atoms with E-state index < -0.39 is 0 Å². The van der Waals surface area contributed by atoms with Crippen LogP contribution in [0.1, 0.15) is 45.8 Å². The maximum Gasteiger partial charge on any atom is 0.253 e. The first-order valence-electron chi connectivity index (χ1n) is 9.37. The summed E-state index contributed by atoms with van der Waals surface area (Å²) in [5.74, 6) is 1.75. The largest absolute Gasteiger partial charge is 0.493 e. The Morgan fingerprint density at radius 2 is 1.79 bits per heavy atom. The zero-order valence-corrected chi connectivity index (χ0v) is 17.6. The minimum atomic E-state index is -0.208. The van der Waals surface area contributed by atoms with Crippen molar-refractivity contribution in [3.05, 3.63) is 64.6 Å². The maximum absolute atomic E-state index is 12.6. The predicted molar refractivity (Wildman–Crippen MR) is 111 cm³/mol. The Bertz CT molecular complexity index is 1030. The molecule has 29 heavy (non-hydrogen) atoms. The number of ether oxygens (including phenoxy) is 2. The van der Waals surface area contributed by atoms with Crippen LogP contribution < -0.4 is 14.8 Å². The van der Waals surface area contributed by atoms with Crippen LogP contribution in [-0.2, 0) is 0 Å². The minimum Gasteiger partial charge on any atom is -0.493 e. The molecule has 0 aliphatic rings. The third-order valence-corrected chi connectivity index (χ3v) is 5.14. The molecule has 0 aliphatic heterocycles. The highest BCUT2D eigenvalue weighted by Crippen LogP contribution is 2.30. The van der Waals surface area contributed by atoms with E-state index in [0.29, 0.717) is 22.9 Å². The highest BCUT2D eigenvalue weighted by Gasteiger charge is 2.15. The first-order valence-corrected chi connectivity index (χ1v) is 9.37. The minimum absolute atomic E-state index is 0.198. The van der Waals surface area contributed by atoms with Gasteiger partial charge in [0.1, 0.15) is 0 Å². The topological polar surface area (TPSA) is 78.3 Å². The number of pyridine rings is 1. The van der Waals surface area contributed by atoms with E-state index in [1.807, 2.05) is 45.9 Å². The van der Waals surface area contributed by atoms with Crippen molar-refractivity contribution in [1.29, 1.82) is 0 Å². The number of methoxy groups -OCH3 is 2. The van der Waals surface area contributed by atoms with E-state index in [4.69, 9.17) is 9.47 Å². The van der Waals surface area contributed by atoms with Crippen molar-refractivity contribution in [3.8, 4) is 17.3 Å². The number of carbonyl (C=O) groups is 1. The molecule has 0 saturated carbocycles. The molecule has 1 N–H and O–H groups in total. The standard InChI is InChI=1S/C22H26N4O3/c1-13-14(2)25-26(16(13)4)21-10-8-18(12-23-21)22(27)24-15(3)17-7-9-19(28-5)20(11-17)29-6/h7-12,15H,1-6H3,(H,24,27). The monoisotopic (exact) mass is 394 g/mol. The van der Waals surface area contributed by atoms with E-state index in [1.165, 1.54) is 0 Å². The normalized spacial score (nSPS) is 11.8. The second kappa shape index (κ2) is 8.34. The summed E-state index contributed by atoms with van der Waals surface area (Å²) in [6.07, 6.45) is 1.57. The molecule has 1 aromatic carbocycles. The van der Waals surface area contributed by atoms with Crippen molar-refractivity contribution in [1.82, 2.24) is 20.1 Å². The molecule has 7 nitrogen and oxygen atoms in total. The number of aryl methyl sites for hydroxylation is 1. The molecule has 0 saturated heterocycles. The summed E-state index contributed by atoms with van der Waals surface area (Å²) < 4.78 is 12.4. The van der Waals surface area contributed by atoms with Crippen LogP contribution in [0.5, 0.6) is 11.5 Å². The number of nitrogens with zero attached hydrogens (tertiary/aromatic N) is 3. The van der Waals surface area contributed by atoms with E-state index in [-0.39, 0.29) is 11.9 Å². The molecule has 3 rings (SSSR count). The Kier molecular flexibility index (Phi) is 5.87. The van der Waals surface area contributed by atoms with Crippen molar-refractivity contribution in [2.45, 2.75) is 33.7 Å². The highest BCUT2D eigenvalue weighted by atomic mass is 16.5. The molecule has 1 amide bonds. The van der Waals surface area contributed by atoms with E-state index >= 15 is 0 Å². The van der Waals surface area contributed by atoms with Crippen LogP contribution in [0, 0.1) is 20.8 Å². The smallest absolute Gasteiger partial charge is 0.253 e. The van der Waals surface area contributed by atoms with Crippen LogP contribution in [0.4, 0.5) is 0 Å². The van der Waals surface area contributed by atoms with Gasteiger partial charge in [-0.2, -0.15) is 5.10 Å². The molecule has 0 aliphatic carbocycles. The predicted octanol–water partition coefficient (Wildman–Crippen LogP) is 3.70. The van der Waals surface area contributed by atoms with Crippen molar-refractivity contribution in [3.63, 3.8) is 0 Å². The zero-order chi connectivity index (χ0) is 21.1. The van der Waals surface area contributed by atoms with E-state index in [1.54, 1.807) is 37.2 Å². The number of hydrogen-bond donors (Lipinski definition) is 1. The molecule has 0 bridgehead atoms. The van der Waals surface area contributed by atoms with Gasteiger partial charge in [-0.15, -0.1) is 0 Å². The van der Waals surface area contributed by atoms with Crippen LogP contribution in [0.2, 0.25) is 0 Å². The van der Waals surface area contributed by atoms with Gasteiger partial charge in [-0.25, -0.2) is 9.67 Å². The average molecular weight is 394 g/mol. The Morgan fingerprint density at radius 3 is 2.34 bits per heavy atom. The van der Waals surface area contributed by atoms with Crippen LogP contribution in [-0.4, -0.2) is 34.9 Å². The second-order valence-electron chi connectivity index (χ2n) is 6.92. The van der Waals surface area contributed by atoms with E-state index in [0.717, 1.165) is 22.5 Å². The van der Waals surface area contributed by atoms with Gasteiger partial charge in [-0.1, -0.05) is 6.07 Å². The second-order valence-corrected chi connectivity index (χ2v) is 6.92. The van der Waals surface area contributed by atoms with Gasteiger partial charge in [0.05, 0.1) is 31.5 Å². The summed E-state index contributed by atoms with van der Waals surface area (Å²) in [5.41, 5.74) is 4.54. The summed E-state index contributed by atoms with van der Waals surface area (Å²) in [6.45, 7) is 7.92. The molecule has 1 unspecified atom stereocenters. The Morgan fingerprint density at radius 1 is 1.07 bits per heavy atom. The summed E-state index contributed by atoms with van der Waals surface area (Å²) in [7, 11) is 3.18. The fraction of sp³-hybridized carbons (Fsp3) is 0.318. The quantitative estimate of drug-likeness (QED) is 0.690. The van der Waals surface area contributed by atoms with Crippen LogP contribution in [0.3, 0.4) is 0 Å². The van der Waals surface area contributed by atoms with Crippen LogP contribution in [0.15, 0.2) is 36.5 Å². The molecular formula is C22H26N4O3.